The normalized spacial score (nSPS) is 18.9. The van der Waals surface area contributed by atoms with Gasteiger partial charge in [-0.05, 0) is 32.9 Å². The number of carbonyl (C=O) groups excluding carboxylic acids is 2. The highest BCUT2D eigenvalue weighted by molar-refractivity contribution is 7.92. The number of imidazole rings is 1. The number of nitrogens with zero attached hydrogens (tertiary/aromatic N) is 4. The number of hydrogen-bond donors (Lipinski definition) is 3. The molecule has 0 radical (unpaired) electrons. The molecular weight excluding hydrogens is 500 g/mol. The molecule has 12 nitrogen and oxygen atoms in total. The Bertz CT molecular complexity index is 1230. The van der Waals surface area contributed by atoms with E-state index in [1.165, 1.54) is 28.1 Å². The smallest absolute Gasteiger partial charge is 0.317 e. The van der Waals surface area contributed by atoms with Gasteiger partial charge < -0.3 is 29.5 Å². The molecule has 3 N–H and O–H groups in total. The van der Waals surface area contributed by atoms with Gasteiger partial charge in [-0.25, -0.2) is 9.78 Å². The van der Waals surface area contributed by atoms with Gasteiger partial charge in [0.2, 0.25) is 0 Å². The quantitative estimate of drug-likeness (QED) is 0.463. The van der Waals surface area contributed by atoms with Crippen LogP contribution in [0.3, 0.4) is 0 Å². The van der Waals surface area contributed by atoms with Crippen LogP contribution in [0, 0.1) is 5.92 Å². The summed E-state index contributed by atoms with van der Waals surface area (Å²) in [6, 6.07) is 3.78. The maximum absolute atomic E-state index is 13.6. The standard InChI is InChI=1S/C24H36N6O6S/c1-15(2)26-24(33)29(6)11-20-16(3)10-30(17(4)13-31)23(32)18-8-7-9-19(22(18)36-20)27-37(34,35)21-12-28(5)14-25-21/h7-9,12,14-17,20,27,31H,10-11,13H2,1-6H3,(H,26,33)/t16-,17+,20-/m1/s1. The molecule has 0 saturated carbocycles. The van der Waals surface area contributed by atoms with Gasteiger partial charge in [0.1, 0.15) is 6.10 Å². The number of para-hydroxylation sites is 1. The van der Waals surface area contributed by atoms with Gasteiger partial charge in [0.05, 0.1) is 36.8 Å². The minimum atomic E-state index is -4.08. The van der Waals surface area contributed by atoms with Crippen LogP contribution in [0.1, 0.15) is 38.1 Å². The number of aryl methyl sites for hydroxylation is 1. The molecule has 1 aliphatic rings. The number of benzene rings is 1. The van der Waals surface area contributed by atoms with E-state index in [1.807, 2.05) is 20.8 Å². The van der Waals surface area contributed by atoms with Gasteiger partial charge in [-0.3, -0.25) is 9.52 Å². The molecule has 1 aliphatic heterocycles. The number of aromatic nitrogens is 2. The van der Waals surface area contributed by atoms with E-state index in [0.717, 1.165) is 0 Å². The fourth-order valence-corrected chi connectivity index (χ4v) is 5.02. The molecule has 13 heteroatoms. The largest absolute Gasteiger partial charge is 0.485 e. The average molecular weight is 537 g/mol. The number of anilines is 1. The first kappa shape index (κ1) is 28.3. The van der Waals surface area contributed by atoms with E-state index in [1.54, 1.807) is 38.1 Å². The predicted molar refractivity (Wildman–Crippen MR) is 138 cm³/mol. The fraction of sp³-hybridized carbons (Fsp3) is 0.542. The number of likely N-dealkylation sites (N-methyl/N-ethyl adjacent to an activating group) is 1. The molecule has 37 heavy (non-hydrogen) atoms. The monoisotopic (exact) mass is 536 g/mol. The SMILES string of the molecule is CC(C)NC(=O)N(C)C[C@H]1Oc2c(NS(=O)(=O)c3cn(C)cn3)cccc2C(=O)N([C@@H](C)CO)C[C@H]1C. The van der Waals surface area contributed by atoms with E-state index in [-0.39, 0.29) is 59.7 Å². The Morgan fingerprint density at radius 1 is 1.32 bits per heavy atom. The lowest BCUT2D eigenvalue weighted by Gasteiger charge is -2.38. The Balaban J connectivity index is 2.05. The number of nitrogens with one attached hydrogen (secondary N) is 2. The zero-order valence-electron chi connectivity index (χ0n) is 22.0. The number of aliphatic hydroxyl groups excluding tert-OH is 1. The summed E-state index contributed by atoms with van der Waals surface area (Å²) < 4.78 is 36.4. The maximum Gasteiger partial charge on any atom is 0.317 e. The van der Waals surface area contributed by atoms with E-state index >= 15 is 0 Å². The number of amides is 3. The van der Waals surface area contributed by atoms with Crippen LogP contribution in [0.15, 0.2) is 35.7 Å². The number of carbonyl (C=O) groups is 2. The maximum atomic E-state index is 13.6. The van der Waals surface area contributed by atoms with E-state index < -0.39 is 28.1 Å². The second-order valence-electron chi connectivity index (χ2n) is 9.77. The van der Waals surface area contributed by atoms with Crippen LogP contribution in [0.5, 0.6) is 5.75 Å². The molecule has 1 aromatic carbocycles. The number of aliphatic hydroxyl groups is 1. The second kappa shape index (κ2) is 11.4. The summed E-state index contributed by atoms with van der Waals surface area (Å²) in [5, 5.41) is 12.5. The number of urea groups is 1. The minimum Gasteiger partial charge on any atom is -0.485 e. The van der Waals surface area contributed by atoms with E-state index in [4.69, 9.17) is 4.74 Å². The lowest BCUT2D eigenvalue weighted by molar-refractivity contribution is 0.0369. The van der Waals surface area contributed by atoms with Gasteiger partial charge in [-0.1, -0.05) is 13.0 Å². The molecule has 3 atom stereocenters. The lowest BCUT2D eigenvalue weighted by atomic mass is 9.99. The molecule has 3 amide bonds. The zero-order valence-corrected chi connectivity index (χ0v) is 22.8. The number of ether oxygens (including phenoxy) is 1. The number of hydrogen-bond acceptors (Lipinski definition) is 7. The van der Waals surface area contributed by atoms with E-state index in [9.17, 15) is 23.1 Å². The summed E-state index contributed by atoms with van der Waals surface area (Å²) in [6.07, 6.45) is 2.14. The predicted octanol–water partition coefficient (Wildman–Crippen LogP) is 1.49. The third-order valence-electron chi connectivity index (χ3n) is 6.10. The first-order chi connectivity index (χ1) is 17.3. The van der Waals surface area contributed by atoms with Crippen molar-refractivity contribution in [2.24, 2.45) is 13.0 Å². The summed E-state index contributed by atoms with van der Waals surface area (Å²) in [5.74, 6) is -0.608. The molecule has 3 rings (SSSR count). The summed E-state index contributed by atoms with van der Waals surface area (Å²) in [5.41, 5.74) is 0.217. The van der Waals surface area contributed by atoms with Crippen LogP contribution < -0.4 is 14.8 Å². The Kier molecular flexibility index (Phi) is 8.69. The number of fused-ring (bicyclic) bond motifs is 1. The van der Waals surface area contributed by atoms with Gasteiger partial charge in [-0.2, -0.15) is 8.42 Å². The highest BCUT2D eigenvalue weighted by Gasteiger charge is 2.35. The second-order valence-corrected chi connectivity index (χ2v) is 11.4. The molecule has 0 fully saturated rings. The Hall–Kier alpha value is -3.32. The van der Waals surface area contributed by atoms with Crippen molar-refractivity contribution in [3.05, 3.63) is 36.3 Å². The highest BCUT2D eigenvalue weighted by Crippen LogP contribution is 2.36. The molecule has 0 saturated heterocycles. The van der Waals surface area contributed by atoms with E-state index in [0.29, 0.717) is 0 Å². The van der Waals surface area contributed by atoms with Crippen LogP contribution in [-0.4, -0.2) is 89.7 Å². The first-order valence-electron chi connectivity index (χ1n) is 12.1. The minimum absolute atomic E-state index is 0.0522. The molecule has 1 aromatic heterocycles. The van der Waals surface area contributed by atoms with Gasteiger partial charge in [0, 0.05) is 38.8 Å². The topological polar surface area (TPSA) is 146 Å². The van der Waals surface area contributed by atoms with Crippen molar-refractivity contribution in [3.8, 4) is 5.75 Å². The Labute approximate surface area is 217 Å². The molecular formula is C24H36N6O6S. The van der Waals surface area contributed by atoms with Crippen molar-refractivity contribution in [2.75, 3.05) is 31.5 Å². The molecule has 0 unspecified atom stereocenters. The number of sulfonamides is 1. The molecule has 204 valence electrons. The van der Waals surface area contributed by atoms with Crippen molar-refractivity contribution < 1.29 is 27.9 Å². The van der Waals surface area contributed by atoms with Gasteiger partial charge in [0.15, 0.2) is 10.8 Å². The summed E-state index contributed by atoms with van der Waals surface area (Å²) >= 11 is 0. The number of rotatable bonds is 8. The Morgan fingerprint density at radius 2 is 2.03 bits per heavy atom. The molecule has 0 bridgehead atoms. The van der Waals surface area contributed by atoms with Crippen molar-refractivity contribution in [1.29, 1.82) is 0 Å². The summed E-state index contributed by atoms with van der Waals surface area (Å²) in [6.45, 7) is 7.53. The van der Waals surface area contributed by atoms with Crippen molar-refractivity contribution in [2.45, 2.75) is 50.9 Å². The first-order valence-corrected chi connectivity index (χ1v) is 13.6. The third kappa shape index (κ3) is 6.52. The van der Waals surface area contributed by atoms with Crippen LogP contribution in [0.4, 0.5) is 10.5 Å². The van der Waals surface area contributed by atoms with E-state index in [2.05, 4.69) is 15.0 Å². The van der Waals surface area contributed by atoms with Gasteiger partial charge in [-0.15, -0.1) is 0 Å². The van der Waals surface area contributed by atoms with Crippen molar-refractivity contribution >= 4 is 27.6 Å². The van der Waals surface area contributed by atoms with Gasteiger partial charge >= 0.3 is 6.03 Å². The lowest BCUT2D eigenvalue weighted by Crippen LogP contribution is -2.51. The average Bonchev–Trinajstić information content (AvgIpc) is 3.27. The highest BCUT2D eigenvalue weighted by atomic mass is 32.2. The Morgan fingerprint density at radius 3 is 2.62 bits per heavy atom. The molecule has 0 aliphatic carbocycles. The van der Waals surface area contributed by atoms with Crippen molar-refractivity contribution in [1.82, 2.24) is 24.7 Å². The zero-order chi connectivity index (χ0) is 27.5. The van der Waals surface area contributed by atoms with Crippen LogP contribution >= 0.6 is 0 Å². The molecule has 2 aromatic rings. The van der Waals surface area contributed by atoms with Crippen LogP contribution in [0.2, 0.25) is 0 Å². The van der Waals surface area contributed by atoms with Crippen LogP contribution in [-0.2, 0) is 17.1 Å². The fourth-order valence-electron chi connectivity index (χ4n) is 3.98. The third-order valence-corrected chi connectivity index (χ3v) is 7.35. The summed E-state index contributed by atoms with van der Waals surface area (Å²) in [4.78, 5) is 33.1. The van der Waals surface area contributed by atoms with Gasteiger partial charge in [0.25, 0.3) is 15.9 Å². The molecule has 2 heterocycles. The van der Waals surface area contributed by atoms with Crippen LogP contribution in [0.25, 0.3) is 0 Å². The molecule has 0 spiro atoms. The summed E-state index contributed by atoms with van der Waals surface area (Å²) in [7, 11) is -0.787. The van der Waals surface area contributed by atoms with Crippen molar-refractivity contribution in [3.63, 3.8) is 0 Å².